The molecule has 1 aromatic carbocycles. The molecule has 23 heavy (non-hydrogen) atoms. The molecule has 2 rings (SSSR count). The van der Waals surface area contributed by atoms with Crippen LogP contribution in [-0.4, -0.2) is 31.7 Å². The lowest BCUT2D eigenvalue weighted by Gasteiger charge is -2.07. The minimum absolute atomic E-state index is 0.0372. The molecular weight excluding hydrogens is 320 g/mol. The molecule has 124 valence electrons. The van der Waals surface area contributed by atoms with Gasteiger partial charge < -0.3 is 20.1 Å². The van der Waals surface area contributed by atoms with E-state index in [1.165, 1.54) is 6.08 Å². The summed E-state index contributed by atoms with van der Waals surface area (Å²) >= 11 is 6.07. The van der Waals surface area contributed by atoms with Crippen LogP contribution < -0.4 is 20.1 Å². The summed E-state index contributed by atoms with van der Waals surface area (Å²) in [5.41, 5.74) is 0.738. The van der Waals surface area contributed by atoms with E-state index in [0.29, 0.717) is 29.6 Å². The average Bonchev–Trinajstić information content (AvgIpc) is 2.98. The van der Waals surface area contributed by atoms with Gasteiger partial charge in [0.2, 0.25) is 18.6 Å². The minimum Gasteiger partial charge on any atom is -0.454 e. The van der Waals surface area contributed by atoms with Crippen LogP contribution in [0.15, 0.2) is 18.2 Å². The highest BCUT2D eigenvalue weighted by Gasteiger charge is 2.17. The van der Waals surface area contributed by atoms with Crippen molar-refractivity contribution in [3.05, 3.63) is 28.8 Å². The molecule has 1 heterocycles. The van der Waals surface area contributed by atoms with E-state index < -0.39 is 0 Å². The third-order valence-electron chi connectivity index (χ3n) is 3.12. The molecule has 7 heteroatoms. The molecule has 0 aliphatic carbocycles. The number of ether oxygens (including phenoxy) is 2. The fourth-order valence-corrected chi connectivity index (χ4v) is 2.16. The van der Waals surface area contributed by atoms with Crippen LogP contribution in [0.25, 0.3) is 6.08 Å². The first kappa shape index (κ1) is 17.1. The van der Waals surface area contributed by atoms with Gasteiger partial charge in [-0.25, -0.2) is 0 Å². The molecule has 1 aromatic rings. The van der Waals surface area contributed by atoms with Gasteiger partial charge in [0, 0.05) is 25.1 Å². The molecule has 0 unspecified atom stereocenters. The van der Waals surface area contributed by atoms with Crippen LogP contribution in [0.4, 0.5) is 0 Å². The fourth-order valence-electron chi connectivity index (χ4n) is 1.89. The lowest BCUT2D eigenvalue weighted by molar-refractivity contribution is -0.124. The van der Waals surface area contributed by atoms with E-state index in [2.05, 4.69) is 10.6 Å². The molecule has 6 nitrogen and oxygen atoms in total. The van der Waals surface area contributed by atoms with Crippen molar-refractivity contribution in [1.29, 1.82) is 0 Å². The van der Waals surface area contributed by atoms with Crippen LogP contribution in [0.3, 0.4) is 0 Å². The molecular formula is C16H19ClN2O4. The molecule has 0 saturated heterocycles. The van der Waals surface area contributed by atoms with Crippen LogP contribution in [0.1, 0.15) is 19.4 Å². The summed E-state index contributed by atoms with van der Waals surface area (Å²) in [6, 6.07) is 3.45. The van der Waals surface area contributed by atoms with Crippen molar-refractivity contribution >= 4 is 29.5 Å². The van der Waals surface area contributed by atoms with Gasteiger partial charge in [-0.3, -0.25) is 9.59 Å². The highest BCUT2D eigenvalue weighted by molar-refractivity contribution is 6.32. The molecule has 0 radical (unpaired) electrons. The topological polar surface area (TPSA) is 76.7 Å². The summed E-state index contributed by atoms with van der Waals surface area (Å²) in [6.45, 7) is 4.53. The number of nitrogens with one attached hydrogen (secondary N) is 2. The molecule has 2 N–H and O–H groups in total. The van der Waals surface area contributed by atoms with Crippen molar-refractivity contribution in [2.24, 2.45) is 5.92 Å². The van der Waals surface area contributed by atoms with Crippen molar-refractivity contribution < 1.29 is 19.1 Å². The summed E-state index contributed by atoms with van der Waals surface area (Å²) in [7, 11) is 0. The van der Waals surface area contributed by atoms with Crippen molar-refractivity contribution in [3.63, 3.8) is 0 Å². The van der Waals surface area contributed by atoms with E-state index in [1.807, 2.05) is 13.8 Å². The first-order valence-electron chi connectivity index (χ1n) is 7.30. The third kappa shape index (κ3) is 4.89. The second-order valence-electron chi connectivity index (χ2n) is 5.31. The Labute approximate surface area is 139 Å². The predicted molar refractivity (Wildman–Crippen MR) is 87.5 cm³/mol. The van der Waals surface area contributed by atoms with E-state index in [0.717, 1.165) is 5.56 Å². The fraction of sp³-hybridized carbons (Fsp3) is 0.375. The van der Waals surface area contributed by atoms with E-state index in [9.17, 15) is 9.59 Å². The summed E-state index contributed by atoms with van der Waals surface area (Å²) < 4.78 is 10.5. The van der Waals surface area contributed by atoms with Gasteiger partial charge in [-0.2, -0.15) is 0 Å². The summed E-state index contributed by atoms with van der Waals surface area (Å²) in [5, 5.41) is 5.85. The summed E-state index contributed by atoms with van der Waals surface area (Å²) in [5.74, 6) is 0.729. The monoisotopic (exact) mass is 338 g/mol. The number of carbonyl (C=O) groups excluding carboxylic acids is 2. The van der Waals surface area contributed by atoms with Gasteiger partial charge in [-0.05, 0) is 23.8 Å². The van der Waals surface area contributed by atoms with Gasteiger partial charge in [0.25, 0.3) is 0 Å². The number of rotatable bonds is 6. The van der Waals surface area contributed by atoms with Crippen LogP contribution in [0, 0.1) is 5.92 Å². The van der Waals surface area contributed by atoms with Crippen molar-refractivity contribution in [2.75, 3.05) is 19.9 Å². The maximum absolute atomic E-state index is 11.7. The molecule has 2 amide bonds. The largest absolute Gasteiger partial charge is 0.454 e. The first-order valence-corrected chi connectivity index (χ1v) is 7.68. The molecule has 1 aliphatic rings. The molecule has 0 bridgehead atoms. The Hall–Kier alpha value is -2.21. The number of halogens is 1. The standard InChI is InChI=1S/C16H19ClN2O4/c1-10(2)16(21)19-6-5-18-14(20)4-3-11-7-12(17)15-13(8-11)22-9-23-15/h3-4,7-8,10H,5-6,9H2,1-2H3,(H,18,20)(H,19,21)/b4-3+. The van der Waals surface area contributed by atoms with Gasteiger partial charge in [0.15, 0.2) is 11.5 Å². The van der Waals surface area contributed by atoms with Gasteiger partial charge in [0.1, 0.15) is 0 Å². The Kier molecular flexibility index (Phi) is 5.87. The third-order valence-corrected chi connectivity index (χ3v) is 3.41. The van der Waals surface area contributed by atoms with E-state index in [-0.39, 0.29) is 24.5 Å². The molecule has 1 aliphatic heterocycles. The normalized spacial score (nSPS) is 12.7. The van der Waals surface area contributed by atoms with Crippen LogP contribution >= 0.6 is 11.6 Å². The second kappa shape index (κ2) is 7.87. The summed E-state index contributed by atoms with van der Waals surface area (Å²) in [6.07, 6.45) is 3.04. The van der Waals surface area contributed by atoms with Crippen LogP contribution in [0.2, 0.25) is 5.02 Å². The van der Waals surface area contributed by atoms with Gasteiger partial charge in [0.05, 0.1) is 5.02 Å². The molecule has 0 aromatic heterocycles. The zero-order valence-corrected chi connectivity index (χ0v) is 13.8. The van der Waals surface area contributed by atoms with Crippen LogP contribution in [-0.2, 0) is 9.59 Å². The van der Waals surface area contributed by atoms with Crippen molar-refractivity contribution in [1.82, 2.24) is 10.6 Å². The molecule has 0 fully saturated rings. The second-order valence-corrected chi connectivity index (χ2v) is 5.71. The van der Waals surface area contributed by atoms with Crippen molar-refractivity contribution in [3.8, 4) is 11.5 Å². The lowest BCUT2D eigenvalue weighted by atomic mass is 10.2. The smallest absolute Gasteiger partial charge is 0.244 e. The maximum atomic E-state index is 11.7. The molecule has 0 atom stereocenters. The Morgan fingerprint density at radius 2 is 2.00 bits per heavy atom. The SMILES string of the molecule is CC(C)C(=O)NCCNC(=O)/C=C/c1cc(Cl)c2c(c1)OCO2. The van der Waals surface area contributed by atoms with E-state index in [4.69, 9.17) is 21.1 Å². The Balaban J connectivity index is 1.80. The number of hydrogen-bond donors (Lipinski definition) is 2. The Morgan fingerprint density at radius 3 is 2.74 bits per heavy atom. The number of carbonyl (C=O) groups is 2. The number of fused-ring (bicyclic) bond motifs is 1. The highest BCUT2D eigenvalue weighted by Crippen LogP contribution is 2.39. The number of benzene rings is 1. The highest BCUT2D eigenvalue weighted by atomic mass is 35.5. The average molecular weight is 339 g/mol. The number of hydrogen-bond acceptors (Lipinski definition) is 4. The predicted octanol–water partition coefficient (Wildman–Crippen LogP) is 1.97. The van der Waals surface area contributed by atoms with Crippen LogP contribution in [0.5, 0.6) is 11.5 Å². The summed E-state index contributed by atoms with van der Waals surface area (Å²) in [4.78, 5) is 23.1. The maximum Gasteiger partial charge on any atom is 0.244 e. The minimum atomic E-state index is -0.252. The zero-order valence-electron chi connectivity index (χ0n) is 13.0. The van der Waals surface area contributed by atoms with Crippen molar-refractivity contribution in [2.45, 2.75) is 13.8 Å². The Morgan fingerprint density at radius 1 is 1.26 bits per heavy atom. The van der Waals surface area contributed by atoms with Gasteiger partial charge in [-0.1, -0.05) is 25.4 Å². The number of amides is 2. The lowest BCUT2D eigenvalue weighted by Crippen LogP contribution is -2.35. The first-order chi connectivity index (χ1) is 11.0. The Bertz CT molecular complexity index is 629. The van der Waals surface area contributed by atoms with Gasteiger partial charge >= 0.3 is 0 Å². The van der Waals surface area contributed by atoms with E-state index >= 15 is 0 Å². The molecule has 0 spiro atoms. The van der Waals surface area contributed by atoms with Gasteiger partial charge in [-0.15, -0.1) is 0 Å². The van der Waals surface area contributed by atoms with E-state index in [1.54, 1.807) is 18.2 Å². The molecule has 0 saturated carbocycles. The quantitative estimate of drug-likeness (QED) is 0.614. The zero-order chi connectivity index (χ0) is 16.8.